The second kappa shape index (κ2) is 11.0. The van der Waals surface area contributed by atoms with Crippen molar-refractivity contribution in [2.75, 3.05) is 52.4 Å². The quantitative estimate of drug-likeness (QED) is 0.524. The Balaban J connectivity index is 1.47. The van der Waals surface area contributed by atoms with Crippen LogP contribution in [-0.2, 0) is 4.79 Å². The van der Waals surface area contributed by atoms with Gasteiger partial charge >= 0.3 is 0 Å². The summed E-state index contributed by atoms with van der Waals surface area (Å²) in [5, 5.41) is 6.66. The minimum Gasteiger partial charge on any atom is -0.355 e. The highest BCUT2D eigenvalue weighted by atomic mass is 16.1. The predicted octanol–water partition coefficient (Wildman–Crippen LogP) is 1.44. The molecule has 2 aliphatic rings. The van der Waals surface area contributed by atoms with E-state index in [1.54, 1.807) is 0 Å². The molecular formula is C18H36N4O. The predicted molar refractivity (Wildman–Crippen MR) is 95.7 cm³/mol. The van der Waals surface area contributed by atoms with E-state index < -0.39 is 0 Å². The molecule has 5 heteroatoms. The summed E-state index contributed by atoms with van der Waals surface area (Å²) in [6.07, 6.45) is 8.73. The molecule has 1 aliphatic heterocycles. The standard InChI is InChI=1S/C18H36N4O/c1-2-21-13-15-22(16-14-21)12-9-18(23)20-11-10-19-17-7-5-3-4-6-8-17/h17,19H,2-16H2,1H3,(H,20,23). The molecule has 0 radical (unpaired) electrons. The lowest BCUT2D eigenvalue weighted by atomic mass is 10.1. The maximum absolute atomic E-state index is 11.9. The van der Waals surface area contributed by atoms with Crippen LogP contribution < -0.4 is 10.6 Å². The lowest BCUT2D eigenvalue weighted by molar-refractivity contribution is -0.121. The van der Waals surface area contributed by atoms with Crippen molar-refractivity contribution in [3.8, 4) is 0 Å². The summed E-state index contributed by atoms with van der Waals surface area (Å²) in [5.41, 5.74) is 0. The van der Waals surface area contributed by atoms with Gasteiger partial charge in [-0.1, -0.05) is 32.6 Å². The Morgan fingerprint density at radius 1 is 0.957 bits per heavy atom. The third-order valence-electron chi connectivity index (χ3n) is 5.30. The van der Waals surface area contributed by atoms with Gasteiger partial charge in [-0.2, -0.15) is 0 Å². The maximum atomic E-state index is 11.9. The van der Waals surface area contributed by atoms with Crippen LogP contribution in [0, 0.1) is 0 Å². The number of amides is 1. The van der Waals surface area contributed by atoms with E-state index >= 15 is 0 Å². The second-order valence-electron chi connectivity index (χ2n) is 7.02. The van der Waals surface area contributed by atoms with Crippen molar-refractivity contribution < 1.29 is 4.79 Å². The number of nitrogens with one attached hydrogen (secondary N) is 2. The van der Waals surface area contributed by atoms with E-state index in [0.29, 0.717) is 12.5 Å². The molecule has 5 nitrogen and oxygen atoms in total. The van der Waals surface area contributed by atoms with E-state index in [2.05, 4.69) is 27.4 Å². The number of carbonyl (C=O) groups is 1. The minimum absolute atomic E-state index is 0.200. The second-order valence-corrected chi connectivity index (χ2v) is 7.02. The zero-order chi connectivity index (χ0) is 16.3. The number of hydrogen-bond donors (Lipinski definition) is 2. The van der Waals surface area contributed by atoms with Gasteiger partial charge in [-0.3, -0.25) is 4.79 Å². The van der Waals surface area contributed by atoms with E-state index in [-0.39, 0.29) is 5.91 Å². The lowest BCUT2D eigenvalue weighted by Crippen LogP contribution is -2.47. The van der Waals surface area contributed by atoms with E-state index in [1.165, 1.54) is 38.5 Å². The highest BCUT2D eigenvalue weighted by Crippen LogP contribution is 2.16. The fraction of sp³-hybridized carbons (Fsp3) is 0.944. The Morgan fingerprint density at radius 2 is 1.61 bits per heavy atom. The monoisotopic (exact) mass is 324 g/mol. The van der Waals surface area contributed by atoms with Crippen molar-refractivity contribution in [1.82, 2.24) is 20.4 Å². The summed E-state index contributed by atoms with van der Waals surface area (Å²) < 4.78 is 0. The molecule has 23 heavy (non-hydrogen) atoms. The smallest absolute Gasteiger partial charge is 0.221 e. The first kappa shape index (κ1) is 18.7. The summed E-state index contributed by atoms with van der Waals surface area (Å²) in [5.74, 6) is 0.200. The average Bonchev–Trinajstić information content (AvgIpc) is 2.86. The molecule has 2 rings (SSSR count). The van der Waals surface area contributed by atoms with Crippen molar-refractivity contribution >= 4 is 5.91 Å². The minimum atomic E-state index is 0.200. The van der Waals surface area contributed by atoms with Crippen LogP contribution in [0.3, 0.4) is 0 Å². The normalized spacial score (nSPS) is 22.0. The number of nitrogens with zero attached hydrogens (tertiary/aromatic N) is 2. The summed E-state index contributed by atoms with van der Waals surface area (Å²) in [7, 11) is 0. The fourth-order valence-corrected chi connectivity index (χ4v) is 3.64. The molecule has 2 fully saturated rings. The van der Waals surface area contributed by atoms with Crippen LogP contribution in [0.1, 0.15) is 51.9 Å². The van der Waals surface area contributed by atoms with Gasteiger partial charge in [-0.25, -0.2) is 0 Å². The van der Waals surface area contributed by atoms with Crippen molar-refractivity contribution in [2.45, 2.75) is 57.9 Å². The Hall–Kier alpha value is -0.650. The van der Waals surface area contributed by atoms with Crippen LogP contribution in [0.25, 0.3) is 0 Å². The molecule has 0 bridgehead atoms. The number of hydrogen-bond acceptors (Lipinski definition) is 4. The number of piperazine rings is 1. The van der Waals surface area contributed by atoms with Gasteiger partial charge in [0.2, 0.25) is 5.91 Å². The van der Waals surface area contributed by atoms with Crippen molar-refractivity contribution in [3.05, 3.63) is 0 Å². The van der Waals surface area contributed by atoms with Crippen LogP contribution in [0.4, 0.5) is 0 Å². The van der Waals surface area contributed by atoms with Crippen LogP contribution in [0.5, 0.6) is 0 Å². The molecule has 0 aromatic heterocycles. The maximum Gasteiger partial charge on any atom is 0.221 e. The van der Waals surface area contributed by atoms with E-state index in [1.807, 2.05) is 0 Å². The average molecular weight is 325 g/mol. The molecule has 134 valence electrons. The molecule has 0 unspecified atom stereocenters. The Labute approximate surface area is 142 Å². The molecule has 0 spiro atoms. The highest BCUT2D eigenvalue weighted by Gasteiger charge is 2.16. The number of likely N-dealkylation sites (N-methyl/N-ethyl adjacent to an activating group) is 1. The molecule has 1 saturated heterocycles. The zero-order valence-corrected chi connectivity index (χ0v) is 15.0. The highest BCUT2D eigenvalue weighted by molar-refractivity contribution is 5.76. The fourth-order valence-electron chi connectivity index (χ4n) is 3.64. The van der Waals surface area contributed by atoms with Gasteiger partial charge in [0, 0.05) is 58.3 Å². The SMILES string of the molecule is CCN1CCN(CCC(=O)NCCNC2CCCCCC2)CC1. The van der Waals surface area contributed by atoms with Crippen LogP contribution in [0.2, 0.25) is 0 Å². The van der Waals surface area contributed by atoms with Gasteiger partial charge in [0.05, 0.1) is 0 Å². The summed E-state index contributed by atoms with van der Waals surface area (Å²) in [6.45, 7) is 10.4. The first-order chi connectivity index (χ1) is 11.3. The van der Waals surface area contributed by atoms with E-state index in [9.17, 15) is 4.79 Å². The molecule has 1 amide bonds. The molecule has 1 heterocycles. The van der Waals surface area contributed by atoms with Crippen molar-refractivity contribution in [2.24, 2.45) is 0 Å². The largest absolute Gasteiger partial charge is 0.355 e. The van der Waals surface area contributed by atoms with Gasteiger partial charge in [-0.05, 0) is 19.4 Å². The van der Waals surface area contributed by atoms with E-state index in [0.717, 1.165) is 52.4 Å². The van der Waals surface area contributed by atoms with Gasteiger partial charge in [0.1, 0.15) is 0 Å². The summed E-state index contributed by atoms with van der Waals surface area (Å²) >= 11 is 0. The van der Waals surface area contributed by atoms with Gasteiger partial charge in [0.15, 0.2) is 0 Å². The van der Waals surface area contributed by atoms with Gasteiger partial charge in [0.25, 0.3) is 0 Å². The topological polar surface area (TPSA) is 47.6 Å². The first-order valence-electron chi connectivity index (χ1n) is 9.72. The van der Waals surface area contributed by atoms with Crippen LogP contribution in [-0.4, -0.2) is 74.1 Å². The van der Waals surface area contributed by atoms with Crippen LogP contribution in [0.15, 0.2) is 0 Å². The molecule has 2 N–H and O–H groups in total. The Bertz CT molecular complexity index is 321. The van der Waals surface area contributed by atoms with Gasteiger partial charge < -0.3 is 20.4 Å². The summed E-state index contributed by atoms with van der Waals surface area (Å²) in [6, 6.07) is 0.671. The molecule has 1 aliphatic carbocycles. The first-order valence-corrected chi connectivity index (χ1v) is 9.72. The number of carbonyl (C=O) groups excluding carboxylic acids is 1. The molecule has 1 saturated carbocycles. The zero-order valence-electron chi connectivity index (χ0n) is 15.0. The van der Waals surface area contributed by atoms with Crippen molar-refractivity contribution in [1.29, 1.82) is 0 Å². The lowest BCUT2D eigenvalue weighted by Gasteiger charge is -2.33. The van der Waals surface area contributed by atoms with Crippen LogP contribution >= 0.6 is 0 Å². The molecular weight excluding hydrogens is 288 g/mol. The van der Waals surface area contributed by atoms with Crippen molar-refractivity contribution in [3.63, 3.8) is 0 Å². The summed E-state index contributed by atoms with van der Waals surface area (Å²) in [4.78, 5) is 16.8. The molecule has 0 aromatic carbocycles. The molecule has 0 atom stereocenters. The number of rotatable bonds is 8. The molecule has 0 aromatic rings. The Morgan fingerprint density at radius 3 is 2.26 bits per heavy atom. The third kappa shape index (κ3) is 7.64. The van der Waals surface area contributed by atoms with Gasteiger partial charge in [-0.15, -0.1) is 0 Å². The Kier molecular flexibility index (Phi) is 8.94. The third-order valence-corrected chi connectivity index (χ3v) is 5.30. The van der Waals surface area contributed by atoms with E-state index in [4.69, 9.17) is 0 Å².